The topological polar surface area (TPSA) is 62.5 Å². The number of carbonyl (C=O) groups is 1. The van der Waals surface area contributed by atoms with Crippen molar-refractivity contribution in [3.8, 4) is 0 Å². The monoisotopic (exact) mass is 247 g/mol. The van der Waals surface area contributed by atoms with Crippen molar-refractivity contribution in [3.05, 3.63) is 36.1 Å². The van der Waals surface area contributed by atoms with E-state index in [2.05, 4.69) is 5.32 Å². The number of fused-ring (bicyclic) bond motifs is 1. The minimum Gasteiger partial charge on any atom is -0.464 e. The highest BCUT2D eigenvalue weighted by Gasteiger charge is 2.22. The smallest absolute Gasteiger partial charge is 0.251 e. The summed E-state index contributed by atoms with van der Waals surface area (Å²) in [5.74, 6) is -0.365. The van der Waals surface area contributed by atoms with Crippen molar-refractivity contribution in [2.75, 3.05) is 6.54 Å². The minimum absolute atomic E-state index is 0.365. The molecule has 0 saturated heterocycles. The van der Waals surface area contributed by atoms with Gasteiger partial charge in [-0.05, 0) is 31.9 Å². The van der Waals surface area contributed by atoms with Crippen LogP contribution in [0.3, 0.4) is 0 Å². The first-order chi connectivity index (χ1) is 8.48. The number of rotatable bonds is 4. The van der Waals surface area contributed by atoms with Gasteiger partial charge in [0.2, 0.25) is 0 Å². The van der Waals surface area contributed by atoms with E-state index in [4.69, 9.17) is 4.42 Å². The number of hydrogen-bond acceptors (Lipinski definition) is 3. The van der Waals surface area contributed by atoms with E-state index >= 15 is 0 Å². The average molecular weight is 247 g/mol. The molecule has 2 aromatic rings. The van der Waals surface area contributed by atoms with Gasteiger partial charge in [0.25, 0.3) is 5.91 Å². The Bertz CT molecular complexity index is 551. The summed E-state index contributed by atoms with van der Waals surface area (Å²) >= 11 is 0. The molecule has 0 atom stereocenters. The number of benzene rings is 1. The lowest BCUT2D eigenvalue weighted by molar-refractivity contribution is -0.136. The third-order valence-electron chi connectivity index (χ3n) is 2.80. The second-order valence-corrected chi connectivity index (χ2v) is 4.82. The molecule has 4 nitrogen and oxygen atoms in total. The van der Waals surface area contributed by atoms with Crippen LogP contribution in [-0.2, 0) is 11.2 Å². The van der Waals surface area contributed by atoms with E-state index in [1.807, 2.05) is 24.3 Å². The first-order valence-corrected chi connectivity index (χ1v) is 5.94. The number of nitrogens with one attached hydrogen (secondary N) is 1. The third-order valence-corrected chi connectivity index (χ3v) is 2.80. The van der Waals surface area contributed by atoms with E-state index in [0.29, 0.717) is 13.0 Å². The van der Waals surface area contributed by atoms with E-state index in [9.17, 15) is 9.90 Å². The van der Waals surface area contributed by atoms with Crippen LogP contribution in [0.5, 0.6) is 0 Å². The highest BCUT2D eigenvalue weighted by molar-refractivity contribution is 5.84. The van der Waals surface area contributed by atoms with Crippen LogP contribution in [0.2, 0.25) is 0 Å². The quantitative estimate of drug-likeness (QED) is 0.866. The van der Waals surface area contributed by atoms with Crippen LogP contribution in [0.25, 0.3) is 11.0 Å². The Kier molecular flexibility index (Phi) is 3.39. The van der Waals surface area contributed by atoms with Gasteiger partial charge in [0.15, 0.2) is 0 Å². The molecular formula is C14H17NO3. The Labute approximate surface area is 106 Å². The first-order valence-electron chi connectivity index (χ1n) is 5.94. The van der Waals surface area contributed by atoms with Crippen molar-refractivity contribution >= 4 is 16.9 Å². The van der Waals surface area contributed by atoms with Gasteiger partial charge in [-0.1, -0.05) is 18.2 Å². The second kappa shape index (κ2) is 4.82. The summed E-state index contributed by atoms with van der Waals surface area (Å²) in [5.41, 5.74) is 0.571. The van der Waals surface area contributed by atoms with Crippen LogP contribution in [-0.4, -0.2) is 23.2 Å². The molecule has 0 fully saturated rings. The maximum Gasteiger partial charge on any atom is 0.251 e. The van der Waals surface area contributed by atoms with Gasteiger partial charge >= 0.3 is 0 Å². The summed E-state index contributed by atoms with van der Waals surface area (Å²) < 4.78 is 5.41. The standard InChI is InChI=1S/C14H17NO3/c1-14(2,17)13(16)15-8-7-10-9-18-12-6-4-3-5-11(10)12/h3-6,9,17H,7-8H2,1-2H3,(H,15,16). The van der Waals surface area contributed by atoms with Crippen molar-refractivity contribution in [1.82, 2.24) is 5.32 Å². The number of furan rings is 1. The molecule has 2 N–H and O–H groups in total. The molecule has 0 spiro atoms. The van der Waals surface area contributed by atoms with E-state index < -0.39 is 5.60 Å². The van der Waals surface area contributed by atoms with Gasteiger partial charge in [0.05, 0.1) is 6.26 Å². The van der Waals surface area contributed by atoms with Gasteiger partial charge < -0.3 is 14.8 Å². The summed E-state index contributed by atoms with van der Waals surface area (Å²) in [6.45, 7) is 3.41. The lowest BCUT2D eigenvalue weighted by atomic mass is 10.1. The van der Waals surface area contributed by atoms with Gasteiger partial charge in [0, 0.05) is 11.9 Å². The predicted octanol–water partition coefficient (Wildman–Crippen LogP) is 1.86. The predicted molar refractivity (Wildman–Crippen MR) is 69.2 cm³/mol. The summed E-state index contributed by atoms with van der Waals surface area (Å²) in [7, 11) is 0. The molecule has 1 aromatic carbocycles. The van der Waals surface area contributed by atoms with Gasteiger partial charge in [0.1, 0.15) is 11.2 Å². The molecule has 0 radical (unpaired) electrons. The molecule has 1 amide bonds. The maximum absolute atomic E-state index is 11.5. The van der Waals surface area contributed by atoms with Crippen LogP contribution in [0.1, 0.15) is 19.4 Å². The Balaban J connectivity index is 1.97. The summed E-state index contributed by atoms with van der Waals surface area (Å²) in [6, 6.07) is 7.78. The molecule has 1 aromatic heterocycles. The molecule has 0 bridgehead atoms. The molecule has 2 rings (SSSR count). The molecule has 0 aliphatic heterocycles. The van der Waals surface area contributed by atoms with Crippen molar-refractivity contribution in [2.45, 2.75) is 25.9 Å². The van der Waals surface area contributed by atoms with Gasteiger partial charge in [-0.15, -0.1) is 0 Å². The van der Waals surface area contributed by atoms with E-state index in [-0.39, 0.29) is 5.91 Å². The van der Waals surface area contributed by atoms with Crippen LogP contribution >= 0.6 is 0 Å². The summed E-state index contributed by atoms with van der Waals surface area (Å²) in [5, 5.41) is 13.2. The molecule has 1 heterocycles. The molecule has 96 valence electrons. The highest BCUT2D eigenvalue weighted by atomic mass is 16.3. The van der Waals surface area contributed by atoms with Crippen LogP contribution in [0.4, 0.5) is 0 Å². The lowest BCUT2D eigenvalue weighted by Gasteiger charge is -2.16. The first kappa shape index (κ1) is 12.6. The second-order valence-electron chi connectivity index (χ2n) is 4.82. The average Bonchev–Trinajstić information content (AvgIpc) is 2.71. The van der Waals surface area contributed by atoms with E-state index in [0.717, 1.165) is 16.5 Å². The molecule has 0 aliphatic carbocycles. The van der Waals surface area contributed by atoms with Gasteiger partial charge in [-0.2, -0.15) is 0 Å². The molecule has 4 heteroatoms. The fourth-order valence-electron chi connectivity index (χ4n) is 1.75. The third kappa shape index (κ3) is 2.71. The van der Waals surface area contributed by atoms with Crippen molar-refractivity contribution in [2.24, 2.45) is 0 Å². The maximum atomic E-state index is 11.5. The Morgan fingerprint density at radius 3 is 2.83 bits per heavy atom. The lowest BCUT2D eigenvalue weighted by Crippen LogP contribution is -2.42. The summed E-state index contributed by atoms with van der Waals surface area (Å²) in [6.07, 6.45) is 2.39. The van der Waals surface area contributed by atoms with Crippen LogP contribution in [0.15, 0.2) is 34.9 Å². The van der Waals surface area contributed by atoms with E-state index in [1.54, 1.807) is 6.26 Å². The summed E-state index contributed by atoms with van der Waals surface area (Å²) in [4.78, 5) is 11.5. The van der Waals surface area contributed by atoms with Crippen molar-refractivity contribution in [3.63, 3.8) is 0 Å². The number of para-hydroxylation sites is 1. The Hall–Kier alpha value is -1.81. The number of amides is 1. The van der Waals surface area contributed by atoms with Crippen LogP contribution < -0.4 is 5.32 Å². The van der Waals surface area contributed by atoms with Crippen molar-refractivity contribution in [1.29, 1.82) is 0 Å². The fourth-order valence-corrected chi connectivity index (χ4v) is 1.75. The number of hydrogen-bond donors (Lipinski definition) is 2. The van der Waals surface area contributed by atoms with Gasteiger partial charge in [-0.25, -0.2) is 0 Å². The zero-order chi connectivity index (χ0) is 13.2. The molecular weight excluding hydrogens is 230 g/mol. The van der Waals surface area contributed by atoms with E-state index in [1.165, 1.54) is 13.8 Å². The Morgan fingerprint density at radius 2 is 2.11 bits per heavy atom. The molecule has 0 unspecified atom stereocenters. The van der Waals surface area contributed by atoms with Gasteiger partial charge in [-0.3, -0.25) is 4.79 Å². The molecule has 0 aliphatic rings. The normalized spacial score (nSPS) is 11.7. The Morgan fingerprint density at radius 1 is 1.39 bits per heavy atom. The van der Waals surface area contributed by atoms with Crippen molar-refractivity contribution < 1.29 is 14.3 Å². The fraction of sp³-hybridized carbons (Fsp3) is 0.357. The number of aliphatic hydroxyl groups is 1. The minimum atomic E-state index is -1.33. The van der Waals surface area contributed by atoms with Crippen LogP contribution in [0, 0.1) is 0 Å². The molecule has 0 saturated carbocycles. The largest absolute Gasteiger partial charge is 0.464 e. The SMILES string of the molecule is CC(C)(O)C(=O)NCCc1coc2ccccc12. The highest BCUT2D eigenvalue weighted by Crippen LogP contribution is 2.20. The zero-order valence-electron chi connectivity index (χ0n) is 10.6. The molecule has 18 heavy (non-hydrogen) atoms. The zero-order valence-corrected chi connectivity index (χ0v) is 10.6. The number of carbonyl (C=O) groups excluding carboxylic acids is 1.